The van der Waals surface area contributed by atoms with E-state index in [0.717, 1.165) is 21.7 Å². The van der Waals surface area contributed by atoms with Gasteiger partial charge < -0.3 is 19.7 Å². The zero-order valence-corrected chi connectivity index (χ0v) is 20.4. The zero-order valence-electron chi connectivity index (χ0n) is 19.6. The highest BCUT2D eigenvalue weighted by Crippen LogP contribution is 2.18. The molecule has 0 aliphatic carbocycles. The molecule has 0 radical (unpaired) electrons. The van der Waals surface area contributed by atoms with Crippen molar-refractivity contribution in [1.29, 1.82) is 0 Å². The molecule has 10 heteroatoms. The summed E-state index contributed by atoms with van der Waals surface area (Å²) in [4.78, 5) is 27.3. The number of carbonyl (C=O) groups excluding carboxylic acids is 2. The third-order valence-corrected chi connectivity index (χ3v) is 6.51. The molecule has 2 amide bonds. The van der Waals surface area contributed by atoms with Gasteiger partial charge in [0.05, 0.1) is 27.0 Å². The first-order chi connectivity index (χ1) is 15.6. The Morgan fingerprint density at radius 2 is 1.67 bits per heavy atom. The summed E-state index contributed by atoms with van der Waals surface area (Å²) in [6.07, 6.45) is 1.03. The number of nitrogens with one attached hydrogen (secondary N) is 1. The number of sulfonamides is 1. The molecule has 9 nitrogen and oxygen atoms in total. The number of hydrogen-bond acceptors (Lipinski definition) is 6. The van der Waals surface area contributed by atoms with Crippen molar-refractivity contribution in [2.75, 3.05) is 34.1 Å². The number of likely N-dealkylation sites (N-methyl/N-ethyl adjacent to an activating group) is 1. The van der Waals surface area contributed by atoms with Crippen molar-refractivity contribution in [3.63, 3.8) is 0 Å². The fourth-order valence-corrected chi connectivity index (χ4v) is 3.43. The molecule has 0 aromatic heterocycles. The maximum Gasteiger partial charge on any atom is 0.242 e. The molecule has 180 valence electrons. The molecule has 0 heterocycles. The van der Waals surface area contributed by atoms with Crippen LogP contribution in [0.5, 0.6) is 11.5 Å². The largest absolute Gasteiger partial charge is 0.497 e. The Labute approximate surface area is 195 Å². The molecule has 2 aromatic carbocycles. The number of rotatable bonds is 11. The van der Waals surface area contributed by atoms with E-state index >= 15 is 0 Å². The first-order valence-corrected chi connectivity index (χ1v) is 12.1. The molecular weight excluding hydrogens is 446 g/mol. The average Bonchev–Trinajstić information content (AvgIpc) is 2.80. The smallest absolute Gasteiger partial charge is 0.242 e. The second-order valence-corrected chi connectivity index (χ2v) is 9.68. The predicted octanol–water partition coefficient (Wildman–Crippen LogP) is 1.63. The number of methoxy groups -OCH3 is 2. The summed E-state index contributed by atoms with van der Waals surface area (Å²) >= 11 is 0. The number of amides is 2. The van der Waals surface area contributed by atoms with E-state index in [4.69, 9.17) is 9.47 Å². The van der Waals surface area contributed by atoms with Crippen LogP contribution in [0, 0.1) is 0 Å². The van der Waals surface area contributed by atoms with Crippen molar-refractivity contribution in [2.24, 2.45) is 0 Å². The lowest BCUT2D eigenvalue weighted by Crippen LogP contribution is -2.50. The Balaban J connectivity index is 2.20. The monoisotopic (exact) mass is 477 g/mol. The van der Waals surface area contributed by atoms with E-state index in [2.05, 4.69) is 5.32 Å². The quantitative estimate of drug-likeness (QED) is 0.527. The van der Waals surface area contributed by atoms with Gasteiger partial charge in [0.1, 0.15) is 17.5 Å². The standard InChI is InChI=1S/C23H31N3O6S/c1-17(23(28)24-14-19-8-6-7-9-21(19)32-4)26(22(27)16-25(2)33(5,29)30)15-18-10-12-20(31-3)13-11-18/h6-13,17H,14-16H2,1-5H3,(H,24,28)/t17-/m0/s1. The number of nitrogens with zero attached hydrogens (tertiary/aromatic N) is 2. The van der Waals surface area contributed by atoms with E-state index in [1.165, 1.54) is 11.9 Å². The van der Waals surface area contributed by atoms with Crippen molar-refractivity contribution >= 4 is 21.8 Å². The van der Waals surface area contributed by atoms with E-state index in [1.54, 1.807) is 51.5 Å². The summed E-state index contributed by atoms with van der Waals surface area (Å²) in [5, 5.41) is 2.83. The Morgan fingerprint density at radius 3 is 2.24 bits per heavy atom. The maximum atomic E-state index is 13.0. The maximum absolute atomic E-state index is 13.0. The van der Waals surface area contributed by atoms with E-state index in [0.29, 0.717) is 11.5 Å². The van der Waals surface area contributed by atoms with Gasteiger partial charge in [-0.1, -0.05) is 30.3 Å². The number of carbonyl (C=O) groups is 2. The Hall–Kier alpha value is -3.11. The Bertz CT molecular complexity index is 1060. The molecule has 0 unspecified atom stereocenters. The van der Waals surface area contributed by atoms with Crippen LogP contribution in [-0.2, 0) is 32.7 Å². The van der Waals surface area contributed by atoms with Gasteiger partial charge in [-0.15, -0.1) is 0 Å². The van der Waals surface area contributed by atoms with Crippen molar-refractivity contribution in [2.45, 2.75) is 26.1 Å². The summed E-state index contributed by atoms with van der Waals surface area (Å²) in [7, 11) is 0.874. The SMILES string of the molecule is COc1ccc(CN(C(=O)CN(C)S(C)(=O)=O)[C@@H](C)C(=O)NCc2ccccc2OC)cc1. The van der Waals surface area contributed by atoms with Crippen LogP contribution in [-0.4, -0.2) is 69.5 Å². The van der Waals surface area contributed by atoms with E-state index in [1.807, 2.05) is 18.2 Å². The van der Waals surface area contributed by atoms with Gasteiger partial charge in [0.25, 0.3) is 0 Å². The first kappa shape index (κ1) is 26.1. The molecule has 0 fully saturated rings. The lowest BCUT2D eigenvalue weighted by atomic mass is 10.1. The molecule has 0 spiro atoms. The summed E-state index contributed by atoms with van der Waals surface area (Å²) in [6, 6.07) is 13.6. The highest BCUT2D eigenvalue weighted by molar-refractivity contribution is 7.88. The normalized spacial score (nSPS) is 12.2. The molecule has 0 saturated heterocycles. The van der Waals surface area contributed by atoms with Crippen LogP contribution >= 0.6 is 0 Å². The average molecular weight is 478 g/mol. The molecule has 33 heavy (non-hydrogen) atoms. The second kappa shape index (κ2) is 11.7. The summed E-state index contributed by atoms with van der Waals surface area (Å²) in [5.41, 5.74) is 1.57. The fraction of sp³-hybridized carbons (Fsp3) is 0.391. The summed E-state index contributed by atoms with van der Waals surface area (Å²) in [5.74, 6) is 0.450. The van der Waals surface area contributed by atoms with E-state index in [-0.39, 0.29) is 25.5 Å². The van der Waals surface area contributed by atoms with Gasteiger partial charge in [-0.3, -0.25) is 9.59 Å². The van der Waals surface area contributed by atoms with Crippen LogP contribution < -0.4 is 14.8 Å². The van der Waals surface area contributed by atoms with Crippen LogP contribution in [0.2, 0.25) is 0 Å². The number of hydrogen-bond donors (Lipinski definition) is 1. The molecule has 1 N–H and O–H groups in total. The van der Waals surface area contributed by atoms with Crippen LogP contribution in [0.4, 0.5) is 0 Å². The van der Waals surface area contributed by atoms with Gasteiger partial charge in [-0.05, 0) is 30.7 Å². The van der Waals surface area contributed by atoms with Crippen molar-refractivity contribution in [3.05, 3.63) is 59.7 Å². The lowest BCUT2D eigenvalue weighted by molar-refractivity contribution is -0.140. The minimum absolute atomic E-state index is 0.129. The van der Waals surface area contributed by atoms with Gasteiger partial charge in [0.15, 0.2) is 0 Å². The highest BCUT2D eigenvalue weighted by atomic mass is 32.2. The Kier molecular flexibility index (Phi) is 9.24. The van der Waals surface area contributed by atoms with Crippen molar-refractivity contribution in [3.8, 4) is 11.5 Å². The molecule has 0 aliphatic heterocycles. The van der Waals surface area contributed by atoms with Crippen LogP contribution in [0.15, 0.2) is 48.5 Å². The highest BCUT2D eigenvalue weighted by Gasteiger charge is 2.28. The molecule has 2 rings (SSSR count). The third-order valence-electron chi connectivity index (χ3n) is 5.25. The lowest BCUT2D eigenvalue weighted by Gasteiger charge is -2.30. The van der Waals surface area contributed by atoms with Crippen LogP contribution in [0.1, 0.15) is 18.1 Å². The van der Waals surface area contributed by atoms with E-state index < -0.39 is 22.0 Å². The van der Waals surface area contributed by atoms with Crippen molar-refractivity contribution in [1.82, 2.24) is 14.5 Å². The molecular formula is C23H31N3O6S. The van der Waals surface area contributed by atoms with Gasteiger partial charge >= 0.3 is 0 Å². The van der Waals surface area contributed by atoms with Crippen LogP contribution in [0.3, 0.4) is 0 Å². The molecule has 0 aliphatic rings. The molecule has 2 aromatic rings. The van der Waals surface area contributed by atoms with Gasteiger partial charge in [-0.25, -0.2) is 8.42 Å². The van der Waals surface area contributed by atoms with Crippen molar-refractivity contribution < 1.29 is 27.5 Å². The van der Waals surface area contributed by atoms with Gasteiger partial charge in [0.2, 0.25) is 21.8 Å². The van der Waals surface area contributed by atoms with Gasteiger partial charge in [0, 0.05) is 25.7 Å². The minimum atomic E-state index is -3.56. The second-order valence-electron chi connectivity index (χ2n) is 7.59. The number of para-hydroxylation sites is 1. The van der Waals surface area contributed by atoms with E-state index in [9.17, 15) is 18.0 Å². The number of ether oxygens (including phenoxy) is 2. The van der Waals surface area contributed by atoms with Crippen LogP contribution in [0.25, 0.3) is 0 Å². The summed E-state index contributed by atoms with van der Waals surface area (Å²) in [6.45, 7) is 1.59. The topological polar surface area (TPSA) is 105 Å². The predicted molar refractivity (Wildman–Crippen MR) is 125 cm³/mol. The number of benzene rings is 2. The van der Waals surface area contributed by atoms with Gasteiger partial charge in [-0.2, -0.15) is 4.31 Å². The Morgan fingerprint density at radius 1 is 1.03 bits per heavy atom. The molecule has 0 bridgehead atoms. The fourth-order valence-electron chi connectivity index (χ4n) is 3.09. The molecule has 0 saturated carbocycles. The minimum Gasteiger partial charge on any atom is -0.497 e. The zero-order chi connectivity index (χ0) is 24.6. The summed E-state index contributed by atoms with van der Waals surface area (Å²) < 4.78 is 35.0. The first-order valence-electron chi connectivity index (χ1n) is 10.3. The molecule has 1 atom stereocenters. The third kappa shape index (κ3) is 7.47.